The van der Waals surface area contributed by atoms with Crippen molar-refractivity contribution in [1.29, 1.82) is 0 Å². The van der Waals surface area contributed by atoms with E-state index in [0.717, 1.165) is 10.8 Å². The van der Waals surface area contributed by atoms with Gasteiger partial charge in [-0.25, -0.2) is 4.98 Å². The van der Waals surface area contributed by atoms with Crippen molar-refractivity contribution in [3.05, 3.63) is 35.2 Å². The zero-order valence-corrected chi connectivity index (χ0v) is 8.19. The highest BCUT2D eigenvalue weighted by Gasteiger charge is 2.10. The van der Waals surface area contributed by atoms with Crippen LogP contribution in [-0.2, 0) is 0 Å². The number of hydrogen-bond donors (Lipinski definition) is 1. The van der Waals surface area contributed by atoms with Crippen LogP contribution < -0.4 is 10.7 Å². The largest absolute Gasteiger partial charge is 0.330 e. The second-order valence-corrected chi connectivity index (χ2v) is 4.14. The second-order valence-electron chi connectivity index (χ2n) is 2.89. The molecule has 13 heavy (non-hydrogen) atoms. The molecule has 0 radical (unpaired) electrons. The van der Waals surface area contributed by atoms with E-state index in [9.17, 15) is 0 Å². The van der Waals surface area contributed by atoms with Crippen LogP contribution >= 0.6 is 11.3 Å². The molecule has 1 aromatic heterocycles. The lowest BCUT2D eigenvalue weighted by Gasteiger charge is -1.93. The van der Waals surface area contributed by atoms with Gasteiger partial charge >= 0.3 is 5.13 Å². The normalized spacial score (nSPS) is 10.2. The standard InChI is InChI=1S/C10H10N2S/c1-7-9(12-10(11)13-7)8-5-3-2-4-6-8/h2-6H,1H3,(H2,11,12)/p+1. The topological polar surface area (TPSA) is 40.2 Å². The SMILES string of the molecule is Cc1sc(N)[nH+]c1-c1ccccc1. The Morgan fingerprint density at radius 3 is 2.46 bits per heavy atom. The Morgan fingerprint density at radius 2 is 1.92 bits per heavy atom. The molecule has 3 heteroatoms. The van der Waals surface area contributed by atoms with Crippen LogP contribution in [0.25, 0.3) is 11.3 Å². The van der Waals surface area contributed by atoms with Gasteiger partial charge < -0.3 is 0 Å². The van der Waals surface area contributed by atoms with E-state index in [0.29, 0.717) is 0 Å². The average Bonchev–Trinajstić information content (AvgIpc) is 2.47. The van der Waals surface area contributed by atoms with Gasteiger partial charge in [0.15, 0.2) is 0 Å². The van der Waals surface area contributed by atoms with Crippen molar-refractivity contribution < 1.29 is 4.98 Å². The zero-order chi connectivity index (χ0) is 9.26. The van der Waals surface area contributed by atoms with Gasteiger partial charge in [-0.3, -0.25) is 5.73 Å². The predicted octanol–water partition coefficient (Wildman–Crippen LogP) is 2.12. The van der Waals surface area contributed by atoms with Crippen LogP contribution in [0.1, 0.15) is 4.88 Å². The number of nitrogens with two attached hydrogens (primary N) is 1. The van der Waals surface area contributed by atoms with Gasteiger partial charge in [0, 0.05) is 5.56 Å². The van der Waals surface area contributed by atoms with E-state index in [1.165, 1.54) is 10.4 Å². The summed E-state index contributed by atoms with van der Waals surface area (Å²) in [5.74, 6) is 0. The first kappa shape index (κ1) is 8.26. The summed E-state index contributed by atoms with van der Waals surface area (Å²) in [6.07, 6.45) is 0. The Labute approximate surface area is 81.1 Å². The first-order valence-electron chi connectivity index (χ1n) is 4.11. The molecule has 0 aliphatic rings. The molecule has 0 amide bonds. The van der Waals surface area contributed by atoms with Crippen molar-refractivity contribution in [3.63, 3.8) is 0 Å². The Hall–Kier alpha value is -1.35. The van der Waals surface area contributed by atoms with Crippen LogP contribution in [0.4, 0.5) is 5.13 Å². The molecular weight excluding hydrogens is 180 g/mol. The second kappa shape index (κ2) is 3.18. The number of aromatic amines is 1. The third-order valence-electron chi connectivity index (χ3n) is 1.93. The summed E-state index contributed by atoms with van der Waals surface area (Å²) in [4.78, 5) is 4.38. The van der Waals surface area contributed by atoms with E-state index in [-0.39, 0.29) is 0 Å². The fourth-order valence-electron chi connectivity index (χ4n) is 1.33. The van der Waals surface area contributed by atoms with Crippen molar-refractivity contribution >= 4 is 16.5 Å². The summed E-state index contributed by atoms with van der Waals surface area (Å²) in [5.41, 5.74) is 8.00. The average molecular weight is 191 g/mol. The number of aryl methyl sites for hydroxylation is 1. The summed E-state index contributed by atoms with van der Waals surface area (Å²) < 4.78 is 0. The minimum atomic E-state index is 0.761. The monoisotopic (exact) mass is 191 g/mol. The molecule has 66 valence electrons. The Kier molecular flexibility index (Phi) is 2.02. The van der Waals surface area contributed by atoms with E-state index >= 15 is 0 Å². The van der Waals surface area contributed by atoms with Crippen LogP contribution in [0.3, 0.4) is 0 Å². The van der Waals surface area contributed by atoms with Crippen LogP contribution in [0, 0.1) is 6.92 Å². The van der Waals surface area contributed by atoms with Crippen LogP contribution in [0.2, 0.25) is 0 Å². The molecule has 2 nitrogen and oxygen atoms in total. The molecule has 0 aliphatic carbocycles. The number of thiazole rings is 1. The van der Waals surface area contributed by atoms with Gasteiger partial charge in [0.2, 0.25) is 0 Å². The fraction of sp³-hybridized carbons (Fsp3) is 0.100. The molecule has 0 saturated carbocycles. The van der Waals surface area contributed by atoms with Crippen molar-refractivity contribution in [2.75, 3.05) is 5.73 Å². The van der Waals surface area contributed by atoms with Crippen LogP contribution in [0.15, 0.2) is 30.3 Å². The Balaban J connectivity index is 2.53. The Bertz CT molecular complexity index is 406. The van der Waals surface area contributed by atoms with Crippen molar-refractivity contribution in [1.82, 2.24) is 0 Å². The van der Waals surface area contributed by atoms with Crippen molar-refractivity contribution in [2.24, 2.45) is 0 Å². The molecule has 2 rings (SSSR count). The molecule has 2 aromatic rings. The van der Waals surface area contributed by atoms with E-state index in [4.69, 9.17) is 5.73 Å². The molecule has 3 N–H and O–H groups in total. The maximum atomic E-state index is 5.68. The molecule has 0 atom stereocenters. The molecule has 1 heterocycles. The molecular formula is C10H11N2S+. The van der Waals surface area contributed by atoms with Crippen LogP contribution in [-0.4, -0.2) is 0 Å². The maximum Gasteiger partial charge on any atom is 0.330 e. The molecule has 0 saturated heterocycles. The number of hydrogen-bond acceptors (Lipinski definition) is 2. The molecule has 0 spiro atoms. The number of anilines is 1. The smallest absolute Gasteiger partial charge is 0.278 e. The molecule has 0 unspecified atom stereocenters. The first-order valence-corrected chi connectivity index (χ1v) is 4.92. The minimum Gasteiger partial charge on any atom is -0.278 e. The van der Waals surface area contributed by atoms with Gasteiger partial charge in [-0.15, -0.1) is 0 Å². The summed E-state index contributed by atoms with van der Waals surface area (Å²) in [6.45, 7) is 2.07. The van der Waals surface area contributed by atoms with Gasteiger partial charge in [-0.05, 0) is 6.92 Å². The first-order chi connectivity index (χ1) is 6.27. The van der Waals surface area contributed by atoms with E-state index < -0.39 is 0 Å². The summed E-state index contributed by atoms with van der Waals surface area (Å²) in [5, 5.41) is 0.761. The number of nitrogens with one attached hydrogen (secondary N) is 1. The van der Waals surface area contributed by atoms with Crippen molar-refractivity contribution in [3.8, 4) is 11.3 Å². The number of nitrogen functional groups attached to an aromatic ring is 1. The summed E-state index contributed by atoms with van der Waals surface area (Å²) >= 11 is 1.59. The molecule has 1 aromatic carbocycles. The highest BCUT2D eigenvalue weighted by Crippen LogP contribution is 2.24. The lowest BCUT2D eigenvalue weighted by Crippen LogP contribution is -2.07. The maximum absolute atomic E-state index is 5.68. The predicted molar refractivity (Wildman–Crippen MR) is 55.5 cm³/mol. The van der Waals surface area contributed by atoms with E-state index in [2.05, 4.69) is 24.0 Å². The lowest BCUT2D eigenvalue weighted by molar-refractivity contribution is -0.340. The minimum absolute atomic E-state index is 0.761. The molecule has 0 fully saturated rings. The van der Waals surface area contributed by atoms with Gasteiger partial charge in [0.25, 0.3) is 0 Å². The number of rotatable bonds is 1. The van der Waals surface area contributed by atoms with E-state index in [1.807, 2.05) is 18.2 Å². The quantitative estimate of drug-likeness (QED) is 0.737. The third kappa shape index (κ3) is 1.55. The van der Waals surface area contributed by atoms with Crippen molar-refractivity contribution in [2.45, 2.75) is 6.92 Å². The van der Waals surface area contributed by atoms with Gasteiger partial charge in [0.05, 0.1) is 4.88 Å². The number of benzene rings is 1. The number of H-pyrrole nitrogens is 1. The van der Waals surface area contributed by atoms with E-state index in [1.54, 1.807) is 11.3 Å². The molecule has 0 bridgehead atoms. The highest BCUT2D eigenvalue weighted by atomic mass is 32.1. The van der Waals surface area contributed by atoms with Gasteiger partial charge in [-0.2, -0.15) is 0 Å². The van der Waals surface area contributed by atoms with Gasteiger partial charge in [0.1, 0.15) is 5.69 Å². The van der Waals surface area contributed by atoms with Gasteiger partial charge in [-0.1, -0.05) is 41.7 Å². The van der Waals surface area contributed by atoms with Crippen LogP contribution in [0.5, 0.6) is 0 Å². The zero-order valence-electron chi connectivity index (χ0n) is 7.37. The third-order valence-corrected chi connectivity index (χ3v) is 2.76. The summed E-state index contributed by atoms with van der Waals surface area (Å²) in [7, 11) is 0. The summed E-state index contributed by atoms with van der Waals surface area (Å²) in [6, 6.07) is 10.2. The Morgan fingerprint density at radius 1 is 1.23 bits per heavy atom. The lowest BCUT2D eigenvalue weighted by atomic mass is 10.1. The number of aromatic nitrogens is 1. The highest BCUT2D eigenvalue weighted by molar-refractivity contribution is 7.15. The molecule has 0 aliphatic heterocycles. The fourth-order valence-corrected chi connectivity index (χ4v) is 2.09.